The van der Waals surface area contributed by atoms with Crippen LogP contribution in [-0.2, 0) is 0 Å². The van der Waals surface area contributed by atoms with Crippen LogP contribution in [-0.4, -0.2) is 21.5 Å². The Bertz CT molecular complexity index is 513. The largest absolute Gasteiger partial charge is 0.369 e. The molecule has 2 rings (SSSR count). The maximum Gasteiger partial charge on any atom is 0.161 e. The topological polar surface area (TPSA) is 50.7 Å². The molecule has 5 heteroatoms. The van der Waals surface area contributed by atoms with Crippen LogP contribution in [0.1, 0.15) is 12.6 Å². The molecule has 2 heterocycles. The zero-order valence-electron chi connectivity index (χ0n) is 9.74. The minimum absolute atomic E-state index is 0.737. The Morgan fingerprint density at radius 3 is 2.59 bits per heavy atom. The van der Waals surface area contributed by atoms with E-state index in [0.29, 0.717) is 0 Å². The van der Waals surface area contributed by atoms with Crippen LogP contribution in [0.15, 0.2) is 24.5 Å². The second kappa shape index (κ2) is 5.39. The van der Waals surface area contributed by atoms with Gasteiger partial charge in [-0.2, -0.15) is 0 Å². The number of pyridine rings is 1. The zero-order chi connectivity index (χ0) is 12.3. The van der Waals surface area contributed by atoms with Crippen molar-refractivity contribution in [3.63, 3.8) is 0 Å². The quantitative estimate of drug-likeness (QED) is 0.873. The lowest BCUT2D eigenvalue weighted by molar-refractivity contribution is 1.06. The van der Waals surface area contributed by atoms with Gasteiger partial charge in [0.15, 0.2) is 5.82 Å². The molecule has 0 saturated heterocycles. The lowest BCUT2D eigenvalue weighted by Crippen LogP contribution is -2.06. The smallest absolute Gasteiger partial charge is 0.161 e. The summed E-state index contributed by atoms with van der Waals surface area (Å²) in [5.74, 6) is 1.63. The fraction of sp³-hybridized carbons (Fsp3) is 0.250. The van der Waals surface area contributed by atoms with Crippen LogP contribution in [0.4, 0.5) is 5.82 Å². The highest BCUT2D eigenvalue weighted by atomic mass is 127. The van der Waals surface area contributed by atoms with E-state index in [9.17, 15) is 0 Å². The minimum atomic E-state index is 0.737. The molecule has 0 amide bonds. The van der Waals surface area contributed by atoms with Crippen molar-refractivity contribution >= 4 is 28.4 Å². The van der Waals surface area contributed by atoms with Crippen molar-refractivity contribution in [2.75, 3.05) is 11.9 Å². The third kappa shape index (κ3) is 2.71. The van der Waals surface area contributed by atoms with E-state index in [1.54, 1.807) is 12.4 Å². The van der Waals surface area contributed by atoms with Crippen LogP contribution >= 0.6 is 22.6 Å². The van der Waals surface area contributed by atoms with E-state index in [4.69, 9.17) is 0 Å². The van der Waals surface area contributed by atoms with Gasteiger partial charge in [-0.1, -0.05) is 0 Å². The molecule has 0 spiro atoms. The molecule has 0 aromatic carbocycles. The van der Waals surface area contributed by atoms with E-state index in [-0.39, 0.29) is 0 Å². The molecular weight excluding hydrogens is 327 g/mol. The summed E-state index contributed by atoms with van der Waals surface area (Å²) in [6.45, 7) is 4.90. The predicted molar refractivity (Wildman–Crippen MR) is 76.9 cm³/mol. The van der Waals surface area contributed by atoms with E-state index in [1.807, 2.05) is 19.1 Å². The molecule has 0 aliphatic carbocycles. The first-order valence-corrected chi connectivity index (χ1v) is 6.48. The van der Waals surface area contributed by atoms with Gasteiger partial charge in [0.05, 0.1) is 9.26 Å². The van der Waals surface area contributed by atoms with Crippen LogP contribution < -0.4 is 5.32 Å². The molecular formula is C12H13IN4. The lowest BCUT2D eigenvalue weighted by atomic mass is 10.2. The molecule has 88 valence electrons. The Morgan fingerprint density at radius 2 is 1.94 bits per heavy atom. The summed E-state index contributed by atoms with van der Waals surface area (Å²) >= 11 is 2.26. The van der Waals surface area contributed by atoms with Gasteiger partial charge in [0.2, 0.25) is 0 Å². The Labute approximate surface area is 114 Å². The third-order valence-corrected chi connectivity index (χ3v) is 3.59. The number of nitrogens with zero attached hydrogens (tertiary/aromatic N) is 3. The molecule has 0 atom stereocenters. The van der Waals surface area contributed by atoms with Gasteiger partial charge < -0.3 is 5.32 Å². The van der Waals surface area contributed by atoms with Gasteiger partial charge in [0.1, 0.15) is 5.82 Å². The molecule has 2 aromatic rings. The highest BCUT2D eigenvalue weighted by Crippen LogP contribution is 2.22. The maximum atomic E-state index is 4.54. The first kappa shape index (κ1) is 12.2. The lowest BCUT2D eigenvalue weighted by Gasteiger charge is -2.09. The summed E-state index contributed by atoms with van der Waals surface area (Å²) in [6, 6.07) is 3.83. The first-order valence-electron chi connectivity index (χ1n) is 5.40. The molecule has 0 aliphatic heterocycles. The third-order valence-electron chi connectivity index (χ3n) is 2.30. The van der Waals surface area contributed by atoms with Crippen molar-refractivity contribution in [1.29, 1.82) is 0 Å². The van der Waals surface area contributed by atoms with Gasteiger partial charge >= 0.3 is 0 Å². The molecule has 2 aromatic heterocycles. The average Bonchev–Trinajstić information content (AvgIpc) is 2.36. The Balaban J connectivity index is 2.49. The fourth-order valence-electron chi connectivity index (χ4n) is 1.47. The second-order valence-corrected chi connectivity index (χ2v) is 4.64. The SMILES string of the molecule is CCNc1nc(-c2ccncc2)nc(C)c1I. The summed E-state index contributed by atoms with van der Waals surface area (Å²) in [6.07, 6.45) is 3.50. The van der Waals surface area contributed by atoms with Crippen molar-refractivity contribution in [1.82, 2.24) is 15.0 Å². The van der Waals surface area contributed by atoms with Gasteiger partial charge in [0, 0.05) is 24.5 Å². The standard InChI is InChI=1S/C12H13IN4/c1-3-15-12-10(13)8(2)16-11(17-12)9-4-6-14-7-5-9/h4-7H,3H2,1-2H3,(H,15,16,17). The van der Waals surface area contributed by atoms with Crippen molar-refractivity contribution in [3.8, 4) is 11.4 Å². The Morgan fingerprint density at radius 1 is 1.24 bits per heavy atom. The average molecular weight is 340 g/mol. The van der Waals surface area contributed by atoms with Gasteiger partial charge in [-0.3, -0.25) is 4.98 Å². The first-order chi connectivity index (χ1) is 8.22. The Kier molecular flexibility index (Phi) is 3.88. The number of halogens is 1. The summed E-state index contributed by atoms with van der Waals surface area (Å²) in [4.78, 5) is 13.0. The summed E-state index contributed by atoms with van der Waals surface area (Å²) < 4.78 is 1.07. The van der Waals surface area contributed by atoms with Crippen LogP contribution in [0.25, 0.3) is 11.4 Å². The van der Waals surface area contributed by atoms with Crippen molar-refractivity contribution in [3.05, 3.63) is 33.8 Å². The van der Waals surface area contributed by atoms with E-state index < -0.39 is 0 Å². The molecule has 0 aliphatic rings. The second-order valence-electron chi connectivity index (χ2n) is 3.56. The molecule has 0 fully saturated rings. The van der Waals surface area contributed by atoms with Gasteiger partial charge in [-0.15, -0.1) is 0 Å². The number of rotatable bonds is 3. The molecule has 0 bridgehead atoms. The summed E-state index contributed by atoms with van der Waals surface area (Å²) in [5, 5.41) is 3.25. The van der Waals surface area contributed by atoms with Crippen molar-refractivity contribution in [2.45, 2.75) is 13.8 Å². The van der Waals surface area contributed by atoms with Crippen molar-refractivity contribution < 1.29 is 0 Å². The van der Waals surface area contributed by atoms with Crippen molar-refractivity contribution in [2.24, 2.45) is 0 Å². The van der Waals surface area contributed by atoms with Gasteiger partial charge in [0.25, 0.3) is 0 Å². The molecule has 0 saturated carbocycles. The van der Waals surface area contributed by atoms with Gasteiger partial charge in [-0.25, -0.2) is 9.97 Å². The van der Waals surface area contributed by atoms with E-state index in [2.05, 4.69) is 49.8 Å². The predicted octanol–water partition coefficient (Wildman–Crippen LogP) is 2.88. The van der Waals surface area contributed by atoms with E-state index in [1.165, 1.54) is 0 Å². The molecule has 0 unspecified atom stereocenters. The fourth-order valence-corrected chi connectivity index (χ4v) is 1.91. The molecule has 0 radical (unpaired) electrons. The van der Waals surface area contributed by atoms with E-state index in [0.717, 1.165) is 33.0 Å². The Hall–Kier alpha value is -1.24. The number of hydrogen-bond donors (Lipinski definition) is 1. The highest BCUT2D eigenvalue weighted by molar-refractivity contribution is 14.1. The number of aromatic nitrogens is 3. The summed E-state index contributed by atoms with van der Waals surface area (Å²) in [7, 11) is 0. The molecule has 4 nitrogen and oxygen atoms in total. The van der Waals surface area contributed by atoms with Crippen LogP contribution in [0.5, 0.6) is 0 Å². The monoisotopic (exact) mass is 340 g/mol. The van der Waals surface area contributed by atoms with Crippen LogP contribution in [0, 0.1) is 10.5 Å². The number of anilines is 1. The minimum Gasteiger partial charge on any atom is -0.369 e. The number of aryl methyl sites for hydroxylation is 1. The molecule has 1 N–H and O–H groups in total. The van der Waals surface area contributed by atoms with Crippen LogP contribution in [0.3, 0.4) is 0 Å². The maximum absolute atomic E-state index is 4.54. The normalized spacial score (nSPS) is 10.3. The van der Waals surface area contributed by atoms with E-state index >= 15 is 0 Å². The number of nitrogens with one attached hydrogen (secondary N) is 1. The van der Waals surface area contributed by atoms with Crippen LogP contribution in [0.2, 0.25) is 0 Å². The van der Waals surface area contributed by atoms with Gasteiger partial charge in [-0.05, 0) is 48.6 Å². The molecule has 17 heavy (non-hydrogen) atoms. The zero-order valence-corrected chi connectivity index (χ0v) is 11.9. The number of hydrogen-bond acceptors (Lipinski definition) is 4. The highest BCUT2D eigenvalue weighted by Gasteiger charge is 2.09. The summed E-state index contributed by atoms with van der Waals surface area (Å²) in [5.41, 5.74) is 1.97.